The summed E-state index contributed by atoms with van der Waals surface area (Å²) in [6.07, 6.45) is 3.20. The molecule has 0 heterocycles. The molecule has 2 aromatic carbocycles. The van der Waals surface area contributed by atoms with E-state index in [0.717, 1.165) is 30.5 Å². The average molecular weight is 329 g/mol. The van der Waals surface area contributed by atoms with Crippen LogP contribution in [0.15, 0.2) is 42.5 Å². The average Bonchev–Trinajstić information content (AvgIpc) is 2.54. The summed E-state index contributed by atoms with van der Waals surface area (Å²) in [5.74, 6) is -0.0108. The van der Waals surface area contributed by atoms with Crippen LogP contribution < -0.4 is 10.6 Å². The number of aryl methyl sites for hydroxylation is 2. The first-order valence-electron chi connectivity index (χ1n) is 8.00. The molecule has 1 aliphatic carbocycles. The van der Waals surface area contributed by atoms with Crippen LogP contribution in [-0.2, 0) is 11.2 Å². The lowest BCUT2D eigenvalue weighted by Gasteiger charge is -2.26. The Morgan fingerprint density at radius 2 is 2.09 bits per heavy atom. The Morgan fingerprint density at radius 3 is 2.91 bits per heavy atom. The van der Waals surface area contributed by atoms with Gasteiger partial charge in [-0.1, -0.05) is 41.9 Å². The summed E-state index contributed by atoms with van der Waals surface area (Å²) in [6, 6.07) is 14.2. The molecule has 1 aliphatic rings. The number of nitrogens with one attached hydrogen (secondary N) is 2. The van der Waals surface area contributed by atoms with Crippen molar-refractivity contribution in [2.75, 3.05) is 11.9 Å². The summed E-state index contributed by atoms with van der Waals surface area (Å²) in [5, 5.41) is 6.88. The van der Waals surface area contributed by atoms with Gasteiger partial charge in [-0.05, 0) is 55.0 Å². The van der Waals surface area contributed by atoms with E-state index in [1.807, 2.05) is 31.2 Å². The largest absolute Gasteiger partial charge is 0.375 e. The lowest BCUT2D eigenvalue weighted by atomic mass is 9.88. The molecular formula is C19H21ClN2O. The Bertz CT molecular complexity index is 714. The number of halogens is 1. The highest BCUT2D eigenvalue weighted by atomic mass is 35.5. The highest BCUT2D eigenvalue weighted by molar-refractivity contribution is 6.33. The van der Waals surface area contributed by atoms with E-state index in [1.54, 1.807) is 0 Å². The van der Waals surface area contributed by atoms with Gasteiger partial charge in [-0.3, -0.25) is 4.79 Å². The van der Waals surface area contributed by atoms with Crippen LogP contribution in [0, 0.1) is 6.92 Å². The molecule has 3 rings (SSSR count). The molecule has 0 saturated carbocycles. The van der Waals surface area contributed by atoms with Gasteiger partial charge in [-0.2, -0.15) is 0 Å². The Labute approximate surface area is 142 Å². The first-order chi connectivity index (χ1) is 11.1. The fourth-order valence-electron chi connectivity index (χ4n) is 3.09. The van der Waals surface area contributed by atoms with Crippen molar-refractivity contribution < 1.29 is 4.79 Å². The molecule has 23 heavy (non-hydrogen) atoms. The van der Waals surface area contributed by atoms with Gasteiger partial charge in [0.1, 0.15) is 0 Å². The zero-order valence-electron chi connectivity index (χ0n) is 13.2. The summed E-state index contributed by atoms with van der Waals surface area (Å²) >= 11 is 6.18. The summed E-state index contributed by atoms with van der Waals surface area (Å²) in [7, 11) is 0. The fourth-order valence-corrected chi connectivity index (χ4v) is 3.39. The van der Waals surface area contributed by atoms with Crippen LogP contribution >= 0.6 is 11.6 Å². The van der Waals surface area contributed by atoms with Gasteiger partial charge in [0, 0.05) is 0 Å². The van der Waals surface area contributed by atoms with Crippen LogP contribution in [0.4, 0.5) is 5.69 Å². The molecule has 1 atom stereocenters. The molecule has 0 radical (unpaired) electrons. The highest BCUT2D eigenvalue weighted by Gasteiger charge is 2.21. The normalized spacial score (nSPS) is 16.5. The minimum absolute atomic E-state index is 0.0108. The van der Waals surface area contributed by atoms with Gasteiger partial charge in [0.2, 0.25) is 5.91 Å². The lowest BCUT2D eigenvalue weighted by molar-refractivity contribution is -0.120. The first kappa shape index (κ1) is 15.9. The molecule has 0 aliphatic heterocycles. The van der Waals surface area contributed by atoms with Crippen molar-refractivity contribution in [2.45, 2.75) is 32.2 Å². The fraction of sp³-hybridized carbons (Fsp3) is 0.316. The van der Waals surface area contributed by atoms with E-state index in [9.17, 15) is 4.79 Å². The maximum absolute atomic E-state index is 12.3. The van der Waals surface area contributed by atoms with Gasteiger partial charge in [0.25, 0.3) is 0 Å². The Kier molecular flexibility index (Phi) is 4.87. The molecule has 4 heteroatoms. The van der Waals surface area contributed by atoms with Crippen LogP contribution in [0.1, 0.15) is 35.6 Å². The van der Waals surface area contributed by atoms with Crippen LogP contribution in [0.2, 0.25) is 5.02 Å². The number of hydrogen-bond acceptors (Lipinski definition) is 2. The molecule has 0 bridgehead atoms. The van der Waals surface area contributed by atoms with E-state index in [1.165, 1.54) is 11.1 Å². The van der Waals surface area contributed by atoms with E-state index in [-0.39, 0.29) is 18.5 Å². The van der Waals surface area contributed by atoms with E-state index in [2.05, 4.69) is 28.8 Å². The molecule has 1 amide bonds. The van der Waals surface area contributed by atoms with Gasteiger partial charge in [0.15, 0.2) is 0 Å². The zero-order chi connectivity index (χ0) is 16.2. The predicted octanol–water partition coefficient (Wildman–Crippen LogP) is 4.25. The second-order valence-corrected chi connectivity index (χ2v) is 6.46. The molecule has 0 fully saturated rings. The van der Waals surface area contributed by atoms with Crippen molar-refractivity contribution in [1.82, 2.24) is 5.32 Å². The van der Waals surface area contributed by atoms with Crippen LogP contribution in [-0.4, -0.2) is 12.5 Å². The summed E-state index contributed by atoms with van der Waals surface area (Å²) in [4.78, 5) is 12.3. The van der Waals surface area contributed by atoms with Crippen molar-refractivity contribution in [3.8, 4) is 0 Å². The van der Waals surface area contributed by atoms with Gasteiger partial charge >= 0.3 is 0 Å². The molecule has 0 saturated heterocycles. The number of benzene rings is 2. The third-order valence-electron chi connectivity index (χ3n) is 4.27. The number of fused-ring (bicyclic) bond motifs is 1. The molecule has 3 nitrogen and oxygen atoms in total. The Balaban J connectivity index is 1.60. The minimum atomic E-state index is -0.0108. The number of amides is 1. The van der Waals surface area contributed by atoms with Gasteiger partial charge in [-0.25, -0.2) is 0 Å². The number of rotatable bonds is 4. The third-order valence-corrected chi connectivity index (χ3v) is 4.58. The van der Waals surface area contributed by atoms with E-state index >= 15 is 0 Å². The first-order valence-corrected chi connectivity index (χ1v) is 8.38. The van der Waals surface area contributed by atoms with Crippen molar-refractivity contribution in [2.24, 2.45) is 0 Å². The molecule has 2 aromatic rings. The standard InChI is InChI=1S/C19H21ClN2O/c1-13-9-10-18(16(20)11-13)21-12-19(23)22-17-8-4-6-14-5-2-3-7-15(14)17/h2-3,5,7,9-11,17,21H,4,6,8,12H2,1H3,(H,22,23). The van der Waals surface area contributed by atoms with Gasteiger partial charge in [-0.15, -0.1) is 0 Å². The second-order valence-electron chi connectivity index (χ2n) is 6.05. The van der Waals surface area contributed by atoms with E-state index in [4.69, 9.17) is 11.6 Å². The summed E-state index contributed by atoms with van der Waals surface area (Å²) in [5.41, 5.74) is 4.49. The highest BCUT2D eigenvalue weighted by Crippen LogP contribution is 2.29. The second kappa shape index (κ2) is 7.05. The molecule has 120 valence electrons. The summed E-state index contributed by atoms with van der Waals surface area (Å²) in [6.45, 7) is 2.21. The van der Waals surface area contributed by atoms with Gasteiger partial charge < -0.3 is 10.6 Å². The number of carbonyl (C=O) groups is 1. The lowest BCUT2D eigenvalue weighted by Crippen LogP contribution is -2.35. The Morgan fingerprint density at radius 1 is 1.26 bits per heavy atom. The molecule has 0 aromatic heterocycles. The zero-order valence-corrected chi connectivity index (χ0v) is 14.0. The maximum Gasteiger partial charge on any atom is 0.239 e. The van der Waals surface area contributed by atoms with Crippen molar-refractivity contribution >= 4 is 23.2 Å². The van der Waals surface area contributed by atoms with E-state index < -0.39 is 0 Å². The third kappa shape index (κ3) is 3.85. The maximum atomic E-state index is 12.3. The molecule has 2 N–H and O–H groups in total. The summed E-state index contributed by atoms with van der Waals surface area (Å²) < 4.78 is 0. The van der Waals surface area contributed by atoms with Crippen LogP contribution in [0.25, 0.3) is 0 Å². The Hall–Kier alpha value is -2.00. The predicted molar refractivity (Wildman–Crippen MR) is 94.9 cm³/mol. The van der Waals surface area contributed by atoms with Crippen molar-refractivity contribution in [1.29, 1.82) is 0 Å². The molecule has 0 spiro atoms. The number of anilines is 1. The van der Waals surface area contributed by atoms with Crippen molar-refractivity contribution in [3.63, 3.8) is 0 Å². The van der Waals surface area contributed by atoms with Crippen LogP contribution in [0.3, 0.4) is 0 Å². The number of carbonyl (C=O) groups excluding carboxylic acids is 1. The van der Waals surface area contributed by atoms with Crippen LogP contribution in [0.5, 0.6) is 0 Å². The minimum Gasteiger partial charge on any atom is -0.375 e. The molecule has 1 unspecified atom stereocenters. The van der Waals surface area contributed by atoms with Crippen molar-refractivity contribution in [3.05, 3.63) is 64.2 Å². The SMILES string of the molecule is Cc1ccc(NCC(=O)NC2CCCc3ccccc32)c(Cl)c1. The quantitative estimate of drug-likeness (QED) is 0.880. The number of hydrogen-bond donors (Lipinski definition) is 2. The smallest absolute Gasteiger partial charge is 0.239 e. The topological polar surface area (TPSA) is 41.1 Å². The molecular weight excluding hydrogens is 308 g/mol. The van der Waals surface area contributed by atoms with Gasteiger partial charge in [0.05, 0.1) is 23.3 Å². The van der Waals surface area contributed by atoms with E-state index in [0.29, 0.717) is 5.02 Å². The monoisotopic (exact) mass is 328 g/mol.